The molecule has 1 aromatic heterocycles. The van der Waals surface area contributed by atoms with Crippen LogP contribution in [0, 0.1) is 0 Å². The summed E-state index contributed by atoms with van der Waals surface area (Å²) in [6.07, 6.45) is 6.31. The first kappa shape index (κ1) is 13.1. The topological polar surface area (TPSA) is 56.3 Å². The molecule has 0 saturated carbocycles. The molecule has 2 N–H and O–H groups in total. The van der Waals surface area contributed by atoms with Gasteiger partial charge in [0.05, 0.1) is 11.6 Å². The fourth-order valence-corrected chi connectivity index (χ4v) is 2.61. The molecule has 0 radical (unpaired) electrons. The minimum Gasteiger partial charge on any atom is -0.391 e. The van der Waals surface area contributed by atoms with E-state index in [4.69, 9.17) is 0 Å². The van der Waals surface area contributed by atoms with E-state index in [-0.39, 0.29) is 5.91 Å². The monoisotopic (exact) mass is 250 g/mol. The Balaban J connectivity index is 1.95. The van der Waals surface area contributed by atoms with Crippen molar-refractivity contribution in [2.75, 3.05) is 6.54 Å². The van der Waals surface area contributed by atoms with Crippen LogP contribution in [-0.2, 0) is 11.2 Å². The maximum atomic E-state index is 12.3. The molecule has 0 aliphatic carbocycles. The van der Waals surface area contributed by atoms with Gasteiger partial charge in [-0.25, -0.2) is 0 Å². The van der Waals surface area contributed by atoms with Crippen molar-refractivity contribution >= 4 is 5.91 Å². The first-order valence-corrected chi connectivity index (χ1v) is 6.62. The van der Waals surface area contributed by atoms with Gasteiger partial charge in [0, 0.05) is 25.4 Å². The van der Waals surface area contributed by atoms with Gasteiger partial charge in [-0.1, -0.05) is 0 Å². The van der Waals surface area contributed by atoms with Gasteiger partial charge in [0.25, 0.3) is 0 Å². The van der Waals surface area contributed by atoms with Gasteiger partial charge < -0.3 is 15.0 Å². The van der Waals surface area contributed by atoms with Crippen LogP contribution in [0.1, 0.15) is 38.7 Å². The third-order valence-corrected chi connectivity index (χ3v) is 3.96. The van der Waals surface area contributed by atoms with Crippen molar-refractivity contribution in [1.29, 1.82) is 0 Å². The summed E-state index contributed by atoms with van der Waals surface area (Å²) in [5.41, 5.74) is 0.715. The molecule has 1 saturated heterocycles. The minimum absolute atomic E-state index is 0.139. The number of aliphatic hydroxyl groups excluding tert-OH is 1. The molecule has 0 aromatic carbocycles. The molecule has 2 rings (SSSR count). The Hall–Kier alpha value is -1.29. The lowest BCUT2D eigenvalue weighted by atomic mass is 9.87. The highest BCUT2D eigenvalue weighted by atomic mass is 16.3. The molecule has 1 fully saturated rings. The third kappa shape index (κ3) is 2.58. The number of carbonyl (C=O) groups excluding carboxylic acids is 1. The molecule has 1 aliphatic rings. The average molecular weight is 250 g/mol. The van der Waals surface area contributed by atoms with Gasteiger partial charge in [-0.15, -0.1) is 0 Å². The van der Waals surface area contributed by atoms with Crippen LogP contribution in [-0.4, -0.2) is 39.1 Å². The zero-order valence-electron chi connectivity index (χ0n) is 11.1. The van der Waals surface area contributed by atoms with E-state index in [9.17, 15) is 9.90 Å². The Kier molecular flexibility index (Phi) is 3.76. The minimum atomic E-state index is -0.437. The lowest BCUT2D eigenvalue weighted by Crippen LogP contribution is -2.58. The predicted octanol–water partition coefficient (Wildman–Crippen LogP) is 1.71. The molecule has 2 heterocycles. The number of amides is 1. The fourth-order valence-electron chi connectivity index (χ4n) is 2.61. The number of piperidine rings is 1. The molecular formula is C14H22N2O2. The highest BCUT2D eigenvalue weighted by molar-refractivity contribution is 5.77. The van der Waals surface area contributed by atoms with E-state index in [1.807, 2.05) is 37.2 Å². The first-order chi connectivity index (χ1) is 8.51. The maximum absolute atomic E-state index is 12.3. The number of aliphatic hydroxyl groups is 1. The number of nitrogens with zero attached hydrogens (tertiary/aromatic N) is 1. The summed E-state index contributed by atoms with van der Waals surface area (Å²) in [5, 5.41) is 10.0. The highest BCUT2D eigenvalue weighted by Gasteiger charge is 2.39. The number of carbonyl (C=O) groups is 1. The average Bonchev–Trinajstić information content (AvgIpc) is 2.82. The van der Waals surface area contributed by atoms with Crippen molar-refractivity contribution in [2.24, 2.45) is 0 Å². The number of H-pyrrole nitrogens is 1. The fraction of sp³-hybridized carbons (Fsp3) is 0.643. The van der Waals surface area contributed by atoms with Crippen LogP contribution in [0.25, 0.3) is 0 Å². The Morgan fingerprint density at radius 2 is 2.39 bits per heavy atom. The van der Waals surface area contributed by atoms with Crippen LogP contribution < -0.4 is 0 Å². The quantitative estimate of drug-likeness (QED) is 0.858. The molecule has 1 aliphatic heterocycles. The van der Waals surface area contributed by atoms with Gasteiger partial charge in [0.15, 0.2) is 0 Å². The van der Waals surface area contributed by atoms with E-state index in [2.05, 4.69) is 4.98 Å². The second kappa shape index (κ2) is 5.14. The van der Waals surface area contributed by atoms with Gasteiger partial charge in [0.1, 0.15) is 0 Å². The number of rotatable bonds is 3. The van der Waals surface area contributed by atoms with Gasteiger partial charge in [-0.3, -0.25) is 4.79 Å². The molecule has 0 spiro atoms. The van der Waals surface area contributed by atoms with E-state index < -0.39 is 11.6 Å². The molecule has 4 nitrogen and oxygen atoms in total. The van der Waals surface area contributed by atoms with Crippen molar-refractivity contribution < 1.29 is 9.90 Å². The second-order valence-electron chi connectivity index (χ2n) is 5.58. The van der Waals surface area contributed by atoms with Crippen LogP contribution in [0.5, 0.6) is 0 Å². The first-order valence-electron chi connectivity index (χ1n) is 6.62. The molecule has 1 aromatic rings. The van der Waals surface area contributed by atoms with Gasteiger partial charge in [-0.05, 0) is 44.7 Å². The number of hydrogen-bond acceptors (Lipinski definition) is 2. The lowest BCUT2D eigenvalue weighted by molar-refractivity contribution is -0.145. The maximum Gasteiger partial charge on any atom is 0.223 e. The summed E-state index contributed by atoms with van der Waals surface area (Å²) in [6, 6.07) is 1.99. The number of aryl methyl sites for hydroxylation is 1. The Morgan fingerprint density at radius 1 is 1.61 bits per heavy atom. The molecule has 4 heteroatoms. The number of nitrogens with one attached hydrogen (secondary N) is 1. The van der Waals surface area contributed by atoms with Crippen molar-refractivity contribution in [2.45, 2.75) is 51.2 Å². The standard InChI is InChI=1S/C14H22N2O2/c1-14(2)12(17)4-3-9-16(14)13(18)6-5-11-7-8-15-10-11/h7-8,10,12,15,17H,3-6,9H2,1-2H3. The molecule has 1 atom stereocenters. The van der Waals surface area contributed by atoms with E-state index in [1.165, 1.54) is 0 Å². The van der Waals surface area contributed by atoms with Gasteiger partial charge in [-0.2, -0.15) is 0 Å². The predicted molar refractivity (Wildman–Crippen MR) is 70.1 cm³/mol. The van der Waals surface area contributed by atoms with Crippen molar-refractivity contribution in [1.82, 2.24) is 9.88 Å². The highest BCUT2D eigenvalue weighted by Crippen LogP contribution is 2.28. The molecular weight excluding hydrogens is 228 g/mol. The third-order valence-electron chi connectivity index (χ3n) is 3.96. The van der Waals surface area contributed by atoms with Crippen molar-refractivity contribution in [3.63, 3.8) is 0 Å². The van der Waals surface area contributed by atoms with Crippen LogP contribution in [0.3, 0.4) is 0 Å². The molecule has 0 bridgehead atoms. The summed E-state index contributed by atoms with van der Waals surface area (Å²) in [6.45, 7) is 4.66. The van der Waals surface area contributed by atoms with E-state index in [1.54, 1.807) is 0 Å². The van der Waals surface area contributed by atoms with E-state index in [0.29, 0.717) is 6.42 Å². The summed E-state index contributed by atoms with van der Waals surface area (Å²) < 4.78 is 0. The van der Waals surface area contributed by atoms with Crippen LogP contribution in [0.4, 0.5) is 0 Å². The van der Waals surface area contributed by atoms with Crippen LogP contribution >= 0.6 is 0 Å². The summed E-state index contributed by atoms with van der Waals surface area (Å²) >= 11 is 0. The number of likely N-dealkylation sites (tertiary alicyclic amines) is 1. The summed E-state index contributed by atoms with van der Waals surface area (Å²) in [5.74, 6) is 0.139. The zero-order valence-corrected chi connectivity index (χ0v) is 11.1. The Labute approximate surface area is 108 Å². The number of aromatic nitrogens is 1. The second-order valence-corrected chi connectivity index (χ2v) is 5.58. The zero-order chi connectivity index (χ0) is 13.2. The molecule has 100 valence electrons. The van der Waals surface area contributed by atoms with Crippen LogP contribution in [0.2, 0.25) is 0 Å². The van der Waals surface area contributed by atoms with Gasteiger partial charge >= 0.3 is 0 Å². The molecule has 18 heavy (non-hydrogen) atoms. The number of hydrogen-bond donors (Lipinski definition) is 2. The van der Waals surface area contributed by atoms with E-state index in [0.717, 1.165) is 31.4 Å². The lowest BCUT2D eigenvalue weighted by Gasteiger charge is -2.46. The molecule has 1 unspecified atom stereocenters. The Bertz CT molecular complexity index is 398. The Morgan fingerprint density at radius 3 is 3.06 bits per heavy atom. The van der Waals surface area contributed by atoms with Crippen molar-refractivity contribution in [3.8, 4) is 0 Å². The molecule has 1 amide bonds. The summed E-state index contributed by atoms with van der Waals surface area (Å²) in [4.78, 5) is 17.1. The van der Waals surface area contributed by atoms with Gasteiger partial charge in [0.2, 0.25) is 5.91 Å². The SMILES string of the molecule is CC1(C)C(O)CCCN1C(=O)CCc1cc[nH]c1. The number of aromatic amines is 1. The van der Waals surface area contributed by atoms with Crippen molar-refractivity contribution in [3.05, 3.63) is 24.0 Å². The summed E-state index contributed by atoms with van der Waals surface area (Å²) in [7, 11) is 0. The normalized spacial score (nSPS) is 23.1. The largest absolute Gasteiger partial charge is 0.391 e. The smallest absolute Gasteiger partial charge is 0.223 e. The van der Waals surface area contributed by atoms with Crippen LogP contribution in [0.15, 0.2) is 18.5 Å². The van der Waals surface area contributed by atoms with E-state index >= 15 is 0 Å².